The van der Waals surface area contributed by atoms with Crippen LogP contribution < -0.4 is 10.9 Å². The number of anilines is 1. The van der Waals surface area contributed by atoms with Gasteiger partial charge in [0.05, 0.1) is 11.9 Å². The zero-order valence-electron chi connectivity index (χ0n) is 11.7. The zero-order chi connectivity index (χ0) is 14.7. The van der Waals surface area contributed by atoms with Crippen molar-refractivity contribution in [2.24, 2.45) is 7.05 Å². The van der Waals surface area contributed by atoms with Gasteiger partial charge in [-0.3, -0.25) is 9.59 Å². The SMILES string of the molecule is CC(Nc1cnn(C)c(=O)c1Br)C(=O)N1CCCCC1. The van der Waals surface area contributed by atoms with Crippen LogP contribution in [0.25, 0.3) is 0 Å². The number of halogens is 1. The highest BCUT2D eigenvalue weighted by atomic mass is 79.9. The fourth-order valence-corrected chi connectivity index (χ4v) is 2.77. The lowest BCUT2D eigenvalue weighted by molar-refractivity contribution is -0.132. The summed E-state index contributed by atoms with van der Waals surface area (Å²) >= 11 is 3.24. The lowest BCUT2D eigenvalue weighted by Gasteiger charge is -2.29. The van der Waals surface area contributed by atoms with Gasteiger partial charge >= 0.3 is 0 Å². The molecule has 0 aromatic carbocycles. The Bertz CT molecular complexity index is 552. The molecule has 1 N–H and O–H groups in total. The summed E-state index contributed by atoms with van der Waals surface area (Å²) in [5.41, 5.74) is 0.318. The first-order valence-electron chi connectivity index (χ1n) is 6.78. The van der Waals surface area contributed by atoms with E-state index in [1.165, 1.54) is 11.1 Å². The van der Waals surface area contributed by atoms with E-state index >= 15 is 0 Å². The number of aromatic nitrogens is 2. The highest BCUT2D eigenvalue weighted by molar-refractivity contribution is 9.10. The summed E-state index contributed by atoms with van der Waals surface area (Å²) in [6.07, 6.45) is 4.87. The second-order valence-corrected chi connectivity index (χ2v) is 5.85. The highest BCUT2D eigenvalue weighted by Gasteiger charge is 2.22. The van der Waals surface area contributed by atoms with Crippen LogP contribution in [0.5, 0.6) is 0 Å². The van der Waals surface area contributed by atoms with Crippen LogP contribution >= 0.6 is 15.9 Å². The maximum Gasteiger partial charge on any atom is 0.282 e. The molecule has 2 rings (SSSR count). The van der Waals surface area contributed by atoms with E-state index in [-0.39, 0.29) is 17.5 Å². The first-order valence-corrected chi connectivity index (χ1v) is 7.57. The minimum atomic E-state index is -0.377. The molecule has 1 aromatic heterocycles. The van der Waals surface area contributed by atoms with Gasteiger partial charge in [0.25, 0.3) is 5.56 Å². The number of nitrogens with zero attached hydrogens (tertiary/aromatic N) is 3. The van der Waals surface area contributed by atoms with E-state index in [9.17, 15) is 9.59 Å². The largest absolute Gasteiger partial charge is 0.372 e. The average molecular weight is 343 g/mol. The minimum absolute atomic E-state index is 0.0669. The van der Waals surface area contributed by atoms with Crippen LogP contribution in [0.1, 0.15) is 26.2 Å². The number of rotatable bonds is 3. The van der Waals surface area contributed by atoms with Gasteiger partial charge in [-0.25, -0.2) is 4.68 Å². The summed E-state index contributed by atoms with van der Waals surface area (Å²) in [6, 6.07) is -0.377. The molecule has 1 atom stereocenters. The minimum Gasteiger partial charge on any atom is -0.372 e. The molecular weight excluding hydrogens is 324 g/mol. The predicted octanol–water partition coefficient (Wildman–Crippen LogP) is 1.36. The number of carbonyl (C=O) groups excluding carboxylic acids is 1. The molecular formula is C13H19BrN4O2. The van der Waals surface area contributed by atoms with E-state index in [1.54, 1.807) is 20.2 Å². The third kappa shape index (κ3) is 3.20. The number of likely N-dealkylation sites (tertiary alicyclic amines) is 1. The Hall–Kier alpha value is -1.37. The van der Waals surface area contributed by atoms with E-state index < -0.39 is 0 Å². The Morgan fingerprint density at radius 2 is 2.05 bits per heavy atom. The van der Waals surface area contributed by atoms with Crippen LogP contribution in [0.15, 0.2) is 15.5 Å². The quantitative estimate of drug-likeness (QED) is 0.900. The summed E-state index contributed by atoms with van der Waals surface area (Å²) in [5, 5.41) is 7.01. The molecule has 110 valence electrons. The number of nitrogens with one attached hydrogen (secondary N) is 1. The van der Waals surface area contributed by atoms with Crippen molar-refractivity contribution in [1.82, 2.24) is 14.7 Å². The number of amides is 1. The van der Waals surface area contributed by atoms with Gasteiger partial charge in [-0.05, 0) is 42.1 Å². The molecule has 6 nitrogen and oxygen atoms in total. The Morgan fingerprint density at radius 3 is 2.70 bits per heavy atom. The fraction of sp³-hybridized carbons (Fsp3) is 0.615. The monoisotopic (exact) mass is 342 g/mol. The molecule has 7 heteroatoms. The number of hydrogen-bond acceptors (Lipinski definition) is 4. The van der Waals surface area contributed by atoms with Crippen molar-refractivity contribution in [2.45, 2.75) is 32.2 Å². The molecule has 1 unspecified atom stereocenters. The topological polar surface area (TPSA) is 67.2 Å². The maximum absolute atomic E-state index is 12.3. The molecule has 1 amide bonds. The van der Waals surface area contributed by atoms with Crippen molar-refractivity contribution in [2.75, 3.05) is 18.4 Å². The van der Waals surface area contributed by atoms with Crippen molar-refractivity contribution in [1.29, 1.82) is 0 Å². The summed E-state index contributed by atoms with van der Waals surface area (Å²) < 4.78 is 1.64. The van der Waals surface area contributed by atoms with Crippen molar-refractivity contribution in [3.05, 3.63) is 21.0 Å². The molecule has 1 aliphatic heterocycles. The van der Waals surface area contributed by atoms with Crippen LogP contribution in [0.4, 0.5) is 5.69 Å². The van der Waals surface area contributed by atoms with E-state index in [0.717, 1.165) is 25.9 Å². The number of piperidine rings is 1. The molecule has 1 saturated heterocycles. The first-order chi connectivity index (χ1) is 9.50. The Balaban J connectivity index is 2.07. The van der Waals surface area contributed by atoms with Crippen LogP contribution in [0.2, 0.25) is 0 Å². The number of hydrogen-bond donors (Lipinski definition) is 1. The van der Waals surface area contributed by atoms with E-state index in [1.807, 2.05) is 4.90 Å². The van der Waals surface area contributed by atoms with Gasteiger partial charge in [0.15, 0.2) is 0 Å². The Morgan fingerprint density at radius 1 is 1.40 bits per heavy atom. The third-order valence-corrected chi connectivity index (χ3v) is 4.25. The standard InChI is InChI=1S/C13H19BrN4O2/c1-9(12(19)18-6-4-3-5-7-18)16-10-8-15-17(2)13(20)11(10)14/h8-9,16H,3-7H2,1-2H3. The van der Waals surface area contributed by atoms with E-state index in [4.69, 9.17) is 0 Å². The average Bonchev–Trinajstić information content (AvgIpc) is 2.48. The third-order valence-electron chi connectivity index (χ3n) is 3.49. The summed E-state index contributed by atoms with van der Waals surface area (Å²) in [7, 11) is 1.58. The van der Waals surface area contributed by atoms with E-state index in [2.05, 4.69) is 26.3 Å². The van der Waals surface area contributed by atoms with Gasteiger partial charge in [0, 0.05) is 20.1 Å². The van der Waals surface area contributed by atoms with Crippen molar-refractivity contribution < 1.29 is 4.79 Å². The van der Waals surface area contributed by atoms with Crippen LogP contribution in [0, 0.1) is 0 Å². The van der Waals surface area contributed by atoms with Gasteiger partial charge < -0.3 is 10.2 Å². The molecule has 0 saturated carbocycles. The van der Waals surface area contributed by atoms with Gasteiger partial charge in [-0.2, -0.15) is 5.10 Å². The van der Waals surface area contributed by atoms with Crippen LogP contribution in [0.3, 0.4) is 0 Å². The van der Waals surface area contributed by atoms with Crippen molar-refractivity contribution in [3.63, 3.8) is 0 Å². The molecule has 0 spiro atoms. The highest BCUT2D eigenvalue weighted by Crippen LogP contribution is 2.18. The van der Waals surface area contributed by atoms with Crippen molar-refractivity contribution >= 4 is 27.5 Å². The molecule has 2 heterocycles. The summed E-state index contributed by atoms with van der Waals surface area (Å²) in [6.45, 7) is 3.45. The summed E-state index contributed by atoms with van der Waals surface area (Å²) in [4.78, 5) is 25.9. The number of aryl methyl sites for hydroxylation is 1. The molecule has 20 heavy (non-hydrogen) atoms. The van der Waals surface area contributed by atoms with Gasteiger partial charge in [-0.15, -0.1) is 0 Å². The molecule has 1 aromatic rings. The van der Waals surface area contributed by atoms with Crippen molar-refractivity contribution in [3.8, 4) is 0 Å². The molecule has 1 fully saturated rings. The van der Waals surface area contributed by atoms with Gasteiger partial charge in [0.2, 0.25) is 5.91 Å². The second kappa shape index (κ2) is 6.39. The molecule has 1 aliphatic rings. The lowest BCUT2D eigenvalue weighted by Crippen LogP contribution is -2.44. The molecule has 0 aliphatic carbocycles. The first kappa shape index (κ1) is 15.0. The zero-order valence-corrected chi connectivity index (χ0v) is 13.3. The van der Waals surface area contributed by atoms with Crippen LogP contribution in [-0.4, -0.2) is 39.7 Å². The Kier molecular flexibility index (Phi) is 4.80. The normalized spacial score (nSPS) is 16.9. The van der Waals surface area contributed by atoms with Gasteiger partial charge in [-0.1, -0.05) is 0 Å². The molecule has 0 bridgehead atoms. The smallest absolute Gasteiger partial charge is 0.282 e. The Labute approximate surface area is 126 Å². The van der Waals surface area contributed by atoms with Crippen LogP contribution in [-0.2, 0) is 11.8 Å². The van der Waals surface area contributed by atoms with E-state index in [0.29, 0.717) is 10.2 Å². The number of carbonyl (C=O) groups is 1. The predicted molar refractivity (Wildman–Crippen MR) is 80.7 cm³/mol. The van der Waals surface area contributed by atoms with Gasteiger partial charge in [0.1, 0.15) is 10.5 Å². The second-order valence-electron chi connectivity index (χ2n) is 5.05. The molecule has 0 radical (unpaired) electrons. The summed E-state index contributed by atoms with van der Waals surface area (Å²) in [5.74, 6) is 0.0669. The maximum atomic E-state index is 12.3. The lowest BCUT2D eigenvalue weighted by atomic mass is 10.1. The fourth-order valence-electron chi connectivity index (χ4n) is 2.29.